The Morgan fingerprint density at radius 3 is 2.80 bits per heavy atom. The van der Waals surface area contributed by atoms with Crippen LogP contribution >= 0.6 is 46.3 Å². The number of hydrogen-bond acceptors (Lipinski definition) is 9. The van der Waals surface area contributed by atoms with E-state index in [4.69, 9.17) is 32.7 Å². The molecule has 1 unspecified atom stereocenters. The van der Waals surface area contributed by atoms with Gasteiger partial charge in [-0.15, -0.1) is 16.8 Å². The number of allylic oxidation sites excluding steroid dienone is 1. The van der Waals surface area contributed by atoms with E-state index in [2.05, 4.69) is 27.1 Å². The highest BCUT2D eigenvalue weighted by molar-refractivity contribution is 7.99. The van der Waals surface area contributed by atoms with Gasteiger partial charge in [-0.1, -0.05) is 52.4 Å². The summed E-state index contributed by atoms with van der Waals surface area (Å²) in [6, 6.07) is 4.96. The number of carbonyl (C=O) groups is 2. The van der Waals surface area contributed by atoms with E-state index in [9.17, 15) is 9.59 Å². The molecule has 35 heavy (non-hydrogen) atoms. The van der Waals surface area contributed by atoms with Gasteiger partial charge < -0.3 is 14.8 Å². The van der Waals surface area contributed by atoms with Crippen LogP contribution in [0.3, 0.4) is 0 Å². The largest absolute Gasteiger partial charge is 0.481 e. The van der Waals surface area contributed by atoms with E-state index >= 15 is 0 Å². The number of anilines is 1. The smallest absolute Gasteiger partial charge is 0.350 e. The summed E-state index contributed by atoms with van der Waals surface area (Å²) < 4.78 is 12.8. The third kappa shape index (κ3) is 6.97. The van der Waals surface area contributed by atoms with Crippen LogP contribution in [-0.4, -0.2) is 44.0 Å². The molecule has 186 valence electrons. The lowest BCUT2D eigenvalue weighted by molar-refractivity contribution is -0.113. The molecular weight excluding hydrogens is 533 g/mol. The summed E-state index contributed by atoms with van der Waals surface area (Å²) in [4.78, 5) is 29.1. The van der Waals surface area contributed by atoms with Crippen LogP contribution in [0.4, 0.5) is 5.13 Å². The second kappa shape index (κ2) is 12.4. The molecule has 3 rings (SSSR count). The molecule has 0 aliphatic rings. The van der Waals surface area contributed by atoms with Crippen LogP contribution in [0.1, 0.15) is 41.1 Å². The molecule has 0 saturated carbocycles. The van der Waals surface area contributed by atoms with Gasteiger partial charge in [0.15, 0.2) is 22.2 Å². The number of rotatable bonds is 11. The average Bonchev–Trinajstić information content (AvgIpc) is 3.37. The number of thiazole rings is 1. The van der Waals surface area contributed by atoms with Crippen molar-refractivity contribution in [3.8, 4) is 5.75 Å². The van der Waals surface area contributed by atoms with Crippen LogP contribution in [0.15, 0.2) is 36.0 Å². The van der Waals surface area contributed by atoms with Crippen molar-refractivity contribution in [2.45, 2.75) is 38.6 Å². The Morgan fingerprint density at radius 1 is 1.34 bits per heavy atom. The first kappa shape index (κ1) is 27.0. The fourth-order valence-corrected chi connectivity index (χ4v) is 5.03. The molecule has 3 aromatic rings. The quantitative estimate of drug-likeness (QED) is 0.185. The molecule has 2 heterocycles. The normalized spacial score (nSPS) is 11.7. The van der Waals surface area contributed by atoms with Gasteiger partial charge in [-0.25, -0.2) is 9.78 Å². The number of halogens is 2. The zero-order valence-electron chi connectivity index (χ0n) is 19.2. The number of benzene rings is 1. The minimum Gasteiger partial charge on any atom is -0.481 e. The molecule has 9 nitrogen and oxygen atoms in total. The number of nitrogens with zero attached hydrogens (tertiary/aromatic N) is 4. The lowest BCUT2D eigenvalue weighted by Gasteiger charge is -2.16. The van der Waals surface area contributed by atoms with Crippen molar-refractivity contribution < 1.29 is 19.1 Å². The molecule has 0 bridgehead atoms. The fourth-order valence-electron chi connectivity index (χ4n) is 2.94. The zero-order chi connectivity index (χ0) is 25.5. The summed E-state index contributed by atoms with van der Waals surface area (Å²) in [5.41, 5.74) is 0.501. The third-order valence-electron chi connectivity index (χ3n) is 4.45. The molecule has 0 spiro atoms. The number of hydrogen-bond donors (Lipinski definition) is 1. The van der Waals surface area contributed by atoms with E-state index in [0.717, 1.165) is 11.3 Å². The first-order valence-corrected chi connectivity index (χ1v) is 13.0. The van der Waals surface area contributed by atoms with Gasteiger partial charge in [0, 0.05) is 11.6 Å². The minimum atomic E-state index is -0.483. The lowest BCUT2D eigenvalue weighted by atomic mass is 10.3. The zero-order valence-corrected chi connectivity index (χ0v) is 22.4. The summed E-state index contributed by atoms with van der Waals surface area (Å²) in [7, 11) is 0. The number of carbonyl (C=O) groups excluding carboxylic acids is 2. The molecule has 0 aliphatic heterocycles. The Morgan fingerprint density at radius 2 is 2.11 bits per heavy atom. The first-order valence-electron chi connectivity index (χ1n) is 10.5. The van der Waals surface area contributed by atoms with Crippen molar-refractivity contribution in [3.63, 3.8) is 0 Å². The van der Waals surface area contributed by atoms with E-state index in [1.165, 1.54) is 11.8 Å². The van der Waals surface area contributed by atoms with Crippen molar-refractivity contribution in [1.29, 1.82) is 0 Å². The van der Waals surface area contributed by atoms with Crippen molar-refractivity contribution in [2.24, 2.45) is 0 Å². The molecule has 0 fully saturated rings. The van der Waals surface area contributed by atoms with Gasteiger partial charge in [0.1, 0.15) is 10.6 Å². The number of amides is 1. The maximum atomic E-state index is 12.5. The highest BCUT2D eigenvalue weighted by Crippen LogP contribution is 2.32. The average molecular weight is 556 g/mol. The fraction of sp³-hybridized carbons (Fsp3) is 0.318. The van der Waals surface area contributed by atoms with Crippen molar-refractivity contribution in [2.75, 3.05) is 17.7 Å². The lowest BCUT2D eigenvalue weighted by Crippen LogP contribution is -2.15. The van der Waals surface area contributed by atoms with Gasteiger partial charge in [-0.3, -0.25) is 9.36 Å². The predicted molar refractivity (Wildman–Crippen MR) is 138 cm³/mol. The van der Waals surface area contributed by atoms with Crippen molar-refractivity contribution in [3.05, 3.63) is 57.3 Å². The van der Waals surface area contributed by atoms with Crippen molar-refractivity contribution in [1.82, 2.24) is 19.7 Å². The van der Waals surface area contributed by atoms with E-state index in [1.54, 1.807) is 38.1 Å². The van der Waals surface area contributed by atoms with Crippen molar-refractivity contribution >= 4 is 63.3 Å². The monoisotopic (exact) mass is 555 g/mol. The van der Waals surface area contributed by atoms with Gasteiger partial charge in [0.25, 0.3) is 0 Å². The number of aryl methyl sites for hydroxylation is 1. The summed E-state index contributed by atoms with van der Waals surface area (Å²) in [5.74, 6) is 0.311. The Balaban J connectivity index is 1.66. The second-order valence-corrected chi connectivity index (χ2v) is 9.85. The van der Waals surface area contributed by atoms with Crippen LogP contribution in [0.2, 0.25) is 10.0 Å². The van der Waals surface area contributed by atoms with Gasteiger partial charge in [0.05, 0.1) is 23.1 Å². The molecule has 13 heteroatoms. The van der Waals surface area contributed by atoms with Gasteiger partial charge >= 0.3 is 5.97 Å². The van der Waals surface area contributed by atoms with Gasteiger partial charge in [-0.2, -0.15) is 0 Å². The molecule has 1 amide bonds. The number of aromatic nitrogens is 4. The SMILES string of the molecule is C=CCn1c(SCC(=O)Nc2nc(C)c(C(=O)OCC)s2)nnc1C(C)Oc1ccc(Cl)cc1Cl. The Hall–Kier alpha value is -2.60. The Labute approximate surface area is 220 Å². The van der Waals surface area contributed by atoms with Gasteiger partial charge in [-0.05, 0) is 39.0 Å². The maximum Gasteiger partial charge on any atom is 0.350 e. The number of esters is 1. The molecule has 0 aliphatic carbocycles. The number of thioether (sulfide) groups is 1. The topological polar surface area (TPSA) is 108 Å². The minimum absolute atomic E-state index is 0.0564. The van der Waals surface area contributed by atoms with Crippen LogP contribution in [0, 0.1) is 6.92 Å². The van der Waals surface area contributed by atoms with Crippen LogP contribution < -0.4 is 10.1 Å². The molecule has 0 saturated heterocycles. The molecule has 1 atom stereocenters. The third-order valence-corrected chi connectivity index (χ3v) is 7.00. The van der Waals surface area contributed by atoms with E-state index in [1.807, 2.05) is 11.5 Å². The highest BCUT2D eigenvalue weighted by atomic mass is 35.5. The number of nitrogens with one attached hydrogen (secondary N) is 1. The summed E-state index contributed by atoms with van der Waals surface area (Å²) in [6.45, 7) is 9.70. The first-order chi connectivity index (χ1) is 16.7. The number of ether oxygens (including phenoxy) is 2. The molecular formula is C22H23Cl2N5O4S2. The van der Waals surface area contributed by atoms with Crippen LogP contribution in [-0.2, 0) is 16.1 Å². The van der Waals surface area contributed by atoms with Gasteiger partial charge in [0.2, 0.25) is 5.91 Å². The predicted octanol–water partition coefficient (Wildman–Crippen LogP) is 5.58. The van der Waals surface area contributed by atoms with Crippen LogP contribution in [0.5, 0.6) is 5.75 Å². The standard InChI is InChI=1S/C22H23Cl2N5O4S2/c1-5-9-29-19(13(4)33-16-8-7-14(23)10-15(16)24)27-28-22(29)34-11-17(30)26-21-25-12(3)18(35-21)20(31)32-6-2/h5,7-8,10,13H,1,6,9,11H2,2-4H3,(H,25,26,30). The van der Waals surface area contributed by atoms with E-state index < -0.39 is 12.1 Å². The molecule has 1 N–H and O–H groups in total. The van der Waals surface area contributed by atoms with E-state index in [-0.39, 0.29) is 18.3 Å². The van der Waals surface area contributed by atoms with E-state index in [0.29, 0.717) is 49.0 Å². The van der Waals surface area contributed by atoms with Crippen LogP contribution in [0.25, 0.3) is 0 Å². The Bertz CT molecular complexity index is 1230. The summed E-state index contributed by atoms with van der Waals surface area (Å²) in [6.07, 6.45) is 1.22. The Kier molecular flexibility index (Phi) is 9.55. The molecule has 2 aromatic heterocycles. The molecule has 1 aromatic carbocycles. The second-order valence-electron chi connectivity index (χ2n) is 7.07. The highest BCUT2D eigenvalue weighted by Gasteiger charge is 2.22. The molecule has 0 radical (unpaired) electrons. The summed E-state index contributed by atoms with van der Waals surface area (Å²) in [5, 5.41) is 12.9. The maximum absolute atomic E-state index is 12.5. The summed E-state index contributed by atoms with van der Waals surface area (Å²) >= 11 is 14.4.